The molecule has 0 radical (unpaired) electrons. The fourth-order valence-electron chi connectivity index (χ4n) is 5.27. The summed E-state index contributed by atoms with van der Waals surface area (Å²) in [5, 5.41) is 3.29. The Morgan fingerprint density at radius 3 is 2.79 bits per heavy atom. The highest BCUT2D eigenvalue weighted by atomic mass is 32.2. The number of ether oxygens (including phenoxy) is 1. The van der Waals surface area contributed by atoms with Crippen LogP contribution in [0, 0.1) is 6.92 Å². The Hall–Kier alpha value is -2.91. The van der Waals surface area contributed by atoms with E-state index in [0.29, 0.717) is 24.6 Å². The maximum Gasteiger partial charge on any atom is 0.332 e. The number of urea groups is 1. The molecule has 6 rings (SSSR count). The van der Waals surface area contributed by atoms with E-state index < -0.39 is 21.3 Å². The quantitative estimate of drug-likeness (QED) is 0.490. The molecule has 2 aromatic heterocycles. The first-order valence-corrected chi connectivity index (χ1v) is 13.5. The van der Waals surface area contributed by atoms with Gasteiger partial charge in [0, 0.05) is 23.3 Å². The molecule has 8 nitrogen and oxygen atoms in total. The Bertz CT molecular complexity index is 1390. The summed E-state index contributed by atoms with van der Waals surface area (Å²) in [6.45, 7) is 2.03. The van der Waals surface area contributed by atoms with Gasteiger partial charge in [-0.1, -0.05) is 6.07 Å². The van der Waals surface area contributed by atoms with E-state index in [4.69, 9.17) is 4.74 Å². The van der Waals surface area contributed by atoms with Crippen LogP contribution < -0.4 is 10.0 Å². The monoisotopic (exact) mass is 480 g/mol. The molecule has 0 saturated heterocycles. The predicted octanol–water partition coefficient (Wildman–Crippen LogP) is 4.19. The van der Waals surface area contributed by atoms with E-state index in [-0.39, 0.29) is 6.10 Å². The van der Waals surface area contributed by atoms with E-state index in [0.717, 1.165) is 65.4 Å². The normalized spacial score (nSPS) is 21.8. The highest BCUT2D eigenvalue weighted by Gasteiger charge is 2.42. The van der Waals surface area contributed by atoms with Crippen LogP contribution in [0.2, 0.25) is 0 Å². The molecule has 0 atom stereocenters. The predicted molar refractivity (Wildman–Crippen MR) is 130 cm³/mol. The molecular weight excluding hydrogens is 452 g/mol. The molecule has 2 saturated carbocycles. The number of nitrogens with one attached hydrogen (secondary N) is 3. The zero-order valence-corrected chi connectivity index (χ0v) is 19.9. The minimum atomic E-state index is -3.78. The second-order valence-corrected chi connectivity index (χ2v) is 11.6. The third-order valence-corrected chi connectivity index (χ3v) is 8.93. The van der Waals surface area contributed by atoms with Crippen molar-refractivity contribution in [2.75, 3.05) is 5.32 Å². The zero-order valence-electron chi connectivity index (χ0n) is 19.1. The number of amides is 2. The molecule has 9 heteroatoms. The van der Waals surface area contributed by atoms with Gasteiger partial charge in [-0.15, -0.1) is 0 Å². The molecule has 2 fully saturated rings. The fraction of sp³-hybridized carbons (Fsp3) is 0.440. The van der Waals surface area contributed by atoms with Crippen LogP contribution in [0.1, 0.15) is 48.8 Å². The Balaban J connectivity index is 1.29. The van der Waals surface area contributed by atoms with Gasteiger partial charge in [-0.3, -0.25) is 0 Å². The van der Waals surface area contributed by atoms with E-state index in [1.54, 1.807) is 6.20 Å². The number of carbonyl (C=O) groups excluding carboxylic acids is 1. The first kappa shape index (κ1) is 21.6. The van der Waals surface area contributed by atoms with Gasteiger partial charge >= 0.3 is 6.03 Å². The number of H-pyrrole nitrogens is 1. The maximum atomic E-state index is 13.0. The van der Waals surface area contributed by atoms with E-state index in [2.05, 4.69) is 26.1 Å². The molecule has 3 aromatic rings. The molecule has 3 N–H and O–H groups in total. The number of hydrogen-bond donors (Lipinski definition) is 3. The van der Waals surface area contributed by atoms with Crippen molar-refractivity contribution >= 4 is 32.8 Å². The van der Waals surface area contributed by atoms with Crippen molar-refractivity contribution < 1.29 is 17.9 Å². The van der Waals surface area contributed by atoms with Gasteiger partial charge in [0.15, 0.2) is 0 Å². The van der Waals surface area contributed by atoms with Crippen molar-refractivity contribution in [3.63, 3.8) is 0 Å². The van der Waals surface area contributed by atoms with Crippen LogP contribution in [0.4, 0.5) is 10.5 Å². The van der Waals surface area contributed by atoms with Gasteiger partial charge in [0.25, 0.3) is 0 Å². The van der Waals surface area contributed by atoms with Crippen LogP contribution in [0.5, 0.6) is 0 Å². The second-order valence-electron chi connectivity index (χ2n) is 9.69. The van der Waals surface area contributed by atoms with Crippen LogP contribution in [0.25, 0.3) is 22.2 Å². The first-order chi connectivity index (χ1) is 16.4. The number of fused-ring (bicyclic) bond motifs is 2. The van der Waals surface area contributed by atoms with Crippen molar-refractivity contribution in [1.29, 1.82) is 0 Å². The second kappa shape index (κ2) is 8.09. The summed E-state index contributed by atoms with van der Waals surface area (Å²) in [6, 6.07) is 5.38. The Kier molecular flexibility index (Phi) is 5.14. The number of benzene rings is 1. The number of aromatic nitrogens is 2. The summed E-state index contributed by atoms with van der Waals surface area (Å²) in [5.41, 5.74) is 6.64. The lowest BCUT2D eigenvalue weighted by atomic mass is 9.92. The summed E-state index contributed by atoms with van der Waals surface area (Å²) in [4.78, 5) is 20.5. The standard InChI is InChI=1S/C25H28N4O4S/c1-14-11-15-3-2-4-19(15)23(22(14)20-7-9-26-24-21(20)8-10-27-24)28-25(30)29-34(31,32)18-12-17(13-18)33-16-5-6-16/h7-11,16-18H,2-6,12-13H2,1H3,(H,26,27)(H2,28,29,30). The molecule has 3 aliphatic carbocycles. The van der Waals surface area contributed by atoms with Crippen LogP contribution in [-0.2, 0) is 27.6 Å². The van der Waals surface area contributed by atoms with Gasteiger partial charge in [0.1, 0.15) is 5.65 Å². The lowest BCUT2D eigenvalue weighted by Gasteiger charge is -2.34. The van der Waals surface area contributed by atoms with Gasteiger partial charge in [-0.2, -0.15) is 0 Å². The van der Waals surface area contributed by atoms with Gasteiger partial charge < -0.3 is 15.0 Å². The SMILES string of the molecule is Cc1cc2c(c(NC(=O)NS(=O)(=O)C3CC(OC4CC4)C3)c1-c1ccnc3[nH]ccc13)CCC2. The van der Waals surface area contributed by atoms with Crippen molar-refractivity contribution in [2.24, 2.45) is 0 Å². The Labute approximate surface area is 198 Å². The van der Waals surface area contributed by atoms with Crippen LogP contribution in [-0.4, -0.2) is 41.9 Å². The van der Waals surface area contributed by atoms with Crippen LogP contribution in [0.3, 0.4) is 0 Å². The fourth-order valence-corrected chi connectivity index (χ4v) is 6.68. The van der Waals surface area contributed by atoms with Crippen LogP contribution in [0.15, 0.2) is 30.6 Å². The lowest BCUT2D eigenvalue weighted by molar-refractivity contribution is -0.00688. The Morgan fingerprint density at radius 1 is 1.18 bits per heavy atom. The first-order valence-electron chi connectivity index (χ1n) is 11.9. The van der Waals surface area contributed by atoms with Gasteiger partial charge in [0.2, 0.25) is 10.0 Å². The average Bonchev–Trinajstić information content (AvgIpc) is 3.23. The highest BCUT2D eigenvalue weighted by Crippen LogP contribution is 2.42. The topological polar surface area (TPSA) is 113 Å². The number of aromatic amines is 1. The van der Waals surface area contributed by atoms with Crippen molar-refractivity contribution in [3.8, 4) is 11.1 Å². The summed E-state index contributed by atoms with van der Waals surface area (Å²) >= 11 is 0. The average molecular weight is 481 g/mol. The van der Waals surface area contributed by atoms with E-state index in [1.165, 1.54) is 5.56 Å². The van der Waals surface area contributed by atoms with Crippen LogP contribution >= 0.6 is 0 Å². The number of pyridine rings is 1. The molecule has 0 spiro atoms. The van der Waals surface area contributed by atoms with Gasteiger partial charge in [-0.05, 0) is 86.3 Å². The third kappa shape index (κ3) is 3.86. The molecular formula is C25H28N4O4S. The van der Waals surface area contributed by atoms with Crippen molar-refractivity contribution in [1.82, 2.24) is 14.7 Å². The number of anilines is 1. The minimum Gasteiger partial charge on any atom is -0.375 e. The molecule has 3 aliphatic rings. The maximum absolute atomic E-state index is 13.0. The molecule has 0 unspecified atom stereocenters. The molecule has 1 aromatic carbocycles. The molecule has 178 valence electrons. The number of nitrogens with zero attached hydrogens (tertiary/aromatic N) is 1. The number of carbonyl (C=O) groups is 1. The number of aryl methyl sites for hydroxylation is 2. The molecule has 0 bridgehead atoms. The van der Waals surface area contributed by atoms with E-state index >= 15 is 0 Å². The summed E-state index contributed by atoms with van der Waals surface area (Å²) in [5.74, 6) is 0. The summed E-state index contributed by atoms with van der Waals surface area (Å²) in [7, 11) is -3.78. The molecule has 2 amide bonds. The molecule has 34 heavy (non-hydrogen) atoms. The number of hydrogen-bond acceptors (Lipinski definition) is 5. The highest BCUT2D eigenvalue weighted by molar-refractivity contribution is 7.90. The Morgan fingerprint density at radius 2 is 2.00 bits per heavy atom. The van der Waals surface area contributed by atoms with Gasteiger partial charge in [-0.25, -0.2) is 22.9 Å². The zero-order chi connectivity index (χ0) is 23.4. The largest absolute Gasteiger partial charge is 0.375 e. The third-order valence-electron chi connectivity index (χ3n) is 7.20. The van der Waals surface area contributed by atoms with Crippen molar-refractivity contribution in [2.45, 2.75) is 69.3 Å². The van der Waals surface area contributed by atoms with Gasteiger partial charge in [0.05, 0.1) is 23.1 Å². The summed E-state index contributed by atoms with van der Waals surface area (Å²) in [6.07, 6.45) is 9.66. The molecule has 0 aliphatic heterocycles. The van der Waals surface area contributed by atoms with E-state index in [1.807, 2.05) is 25.3 Å². The van der Waals surface area contributed by atoms with Crippen molar-refractivity contribution in [3.05, 3.63) is 47.3 Å². The number of rotatable bonds is 6. The molecule has 2 heterocycles. The smallest absolute Gasteiger partial charge is 0.332 e. The summed E-state index contributed by atoms with van der Waals surface area (Å²) < 4.78 is 33.7. The minimum absolute atomic E-state index is 0.0146. The lowest BCUT2D eigenvalue weighted by Crippen LogP contribution is -2.49. The number of sulfonamides is 1. The van der Waals surface area contributed by atoms with E-state index in [9.17, 15) is 13.2 Å².